The first kappa shape index (κ1) is 18.4. The fourth-order valence-corrected chi connectivity index (χ4v) is 2.03. The number of esters is 1. The van der Waals surface area contributed by atoms with Gasteiger partial charge >= 0.3 is 12.1 Å². The summed E-state index contributed by atoms with van der Waals surface area (Å²) >= 11 is 0. The van der Waals surface area contributed by atoms with Gasteiger partial charge in [-0.3, -0.25) is 4.79 Å². The molecule has 4 nitrogen and oxygen atoms in total. The van der Waals surface area contributed by atoms with Gasteiger partial charge in [-0.05, 0) is 18.2 Å². The van der Waals surface area contributed by atoms with Gasteiger partial charge in [-0.2, -0.15) is 13.2 Å². The first-order chi connectivity index (χ1) is 11.6. The highest BCUT2D eigenvalue weighted by atomic mass is 19.4. The molecule has 2 rings (SSSR count). The summed E-state index contributed by atoms with van der Waals surface area (Å²) in [6.07, 6.45) is -4.80. The lowest BCUT2D eigenvalue weighted by molar-refractivity contribution is -0.137. The van der Waals surface area contributed by atoms with E-state index in [1.54, 1.807) is 0 Å². The summed E-state index contributed by atoms with van der Waals surface area (Å²) in [5.74, 6) is -4.90. The number of carbonyl (C=O) groups excluding carboxylic acids is 2. The highest BCUT2D eigenvalue weighted by Crippen LogP contribution is 2.32. The average molecular weight is 359 g/mol. The molecule has 1 N–H and O–H groups in total. The Morgan fingerprint density at radius 1 is 1.00 bits per heavy atom. The molecule has 0 saturated heterocycles. The molecule has 25 heavy (non-hydrogen) atoms. The van der Waals surface area contributed by atoms with Gasteiger partial charge in [-0.15, -0.1) is 0 Å². The van der Waals surface area contributed by atoms with Gasteiger partial charge in [0.25, 0.3) is 5.91 Å². The van der Waals surface area contributed by atoms with Crippen molar-refractivity contribution in [2.45, 2.75) is 6.18 Å². The Hall–Kier alpha value is -2.97. The van der Waals surface area contributed by atoms with Crippen molar-refractivity contribution in [2.24, 2.45) is 0 Å². The van der Waals surface area contributed by atoms with Crippen LogP contribution in [-0.2, 0) is 10.9 Å². The minimum atomic E-state index is -4.80. The van der Waals surface area contributed by atoms with Gasteiger partial charge in [0.05, 0.1) is 29.5 Å². The molecule has 0 aliphatic rings. The van der Waals surface area contributed by atoms with Crippen LogP contribution in [-0.4, -0.2) is 19.0 Å². The molecule has 0 fully saturated rings. The van der Waals surface area contributed by atoms with Crippen molar-refractivity contribution in [2.75, 3.05) is 12.4 Å². The van der Waals surface area contributed by atoms with E-state index < -0.39 is 52.1 Å². The zero-order valence-electron chi connectivity index (χ0n) is 12.6. The maximum atomic E-state index is 13.8. The van der Waals surface area contributed by atoms with Gasteiger partial charge < -0.3 is 10.1 Å². The van der Waals surface area contributed by atoms with Crippen molar-refractivity contribution in [1.29, 1.82) is 0 Å². The molecule has 2 aromatic rings. The lowest BCUT2D eigenvalue weighted by Crippen LogP contribution is -2.19. The summed E-state index contributed by atoms with van der Waals surface area (Å²) in [7, 11) is 0.961. The first-order valence-corrected chi connectivity index (χ1v) is 6.70. The van der Waals surface area contributed by atoms with Gasteiger partial charge in [0, 0.05) is 6.07 Å². The number of benzene rings is 2. The fourth-order valence-electron chi connectivity index (χ4n) is 2.03. The number of rotatable bonds is 3. The van der Waals surface area contributed by atoms with Crippen LogP contribution in [0.25, 0.3) is 0 Å². The number of halogens is 5. The number of alkyl halides is 3. The number of amides is 1. The Balaban J connectivity index is 2.41. The van der Waals surface area contributed by atoms with Crippen molar-refractivity contribution in [3.63, 3.8) is 0 Å². The Bertz CT molecular complexity index is 833. The van der Waals surface area contributed by atoms with E-state index in [1.165, 1.54) is 6.07 Å². The third-order valence-corrected chi connectivity index (χ3v) is 3.19. The second kappa shape index (κ2) is 6.88. The zero-order chi connectivity index (χ0) is 18.8. The van der Waals surface area contributed by atoms with E-state index in [9.17, 15) is 31.5 Å². The summed E-state index contributed by atoms with van der Waals surface area (Å²) in [6, 6.07) is 4.84. The fraction of sp³-hybridized carbons (Fsp3) is 0.125. The van der Waals surface area contributed by atoms with Crippen molar-refractivity contribution in [1.82, 2.24) is 0 Å². The molecule has 0 atom stereocenters. The topological polar surface area (TPSA) is 55.4 Å². The minimum absolute atomic E-state index is 0.317. The highest BCUT2D eigenvalue weighted by molar-refractivity contribution is 6.06. The van der Waals surface area contributed by atoms with E-state index in [0.717, 1.165) is 19.2 Å². The quantitative estimate of drug-likeness (QED) is 0.665. The van der Waals surface area contributed by atoms with E-state index in [1.807, 2.05) is 5.32 Å². The molecule has 132 valence electrons. The number of hydrogen-bond donors (Lipinski definition) is 1. The van der Waals surface area contributed by atoms with Gasteiger partial charge in [0.1, 0.15) is 11.6 Å². The van der Waals surface area contributed by atoms with E-state index in [2.05, 4.69) is 4.74 Å². The first-order valence-electron chi connectivity index (χ1n) is 6.70. The van der Waals surface area contributed by atoms with Crippen LogP contribution in [0.4, 0.5) is 27.6 Å². The van der Waals surface area contributed by atoms with E-state index in [0.29, 0.717) is 18.2 Å². The number of methoxy groups -OCH3 is 1. The van der Waals surface area contributed by atoms with E-state index >= 15 is 0 Å². The standard InChI is InChI=1S/C16H10F5NO3/c1-25-15(24)9-6-13(12(18)7-11(9)17)22-14(23)8-4-2-3-5-10(8)16(19,20)21/h2-7H,1H3,(H,22,23). The van der Waals surface area contributed by atoms with Gasteiger partial charge in [-0.25, -0.2) is 13.6 Å². The van der Waals surface area contributed by atoms with E-state index in [4.69, 9.17) is 0 Å². The second-order valence-corrected chi connectivity index (χ2v) is 4.80. The molecular formula is C16H10F5NO3. The highest BCUT2D eigenvalue weighted by Gasteiger charge is 2.35. The van der Waals surface area contributed by atoms with E-state index in [-0.39, 0.29) is 0 Å². The van der Waals surface area contributed by atoms with Crippen molar-refractivity contribution in [3.8, 4) is 0 Å². The predicted octanol–water partition coefficient (Wildman–Crippen LogP) is 4.02. The molecule has 0 spiro atoms. The summed E-state index contributed by atoms with van der Waals surface area (Å²) in [4.78, 5) is 23.5. The third-order valence-electron chi connectivity index (χ3n) is 3.19. The van der Waals surface area contributed by atoms with Crippen LogP contribution < -0.4 is 5.32 Å². The number of ether oxygens (including phenoxy) is 1. The molecule has 0 saturated carbocycles. The van der Waals surface area contributed by atoms with Gasteiger partial charge in [0.2, 0.25) is 0 Å². The minimum Gasteiger partial charge on any atom is -0.465 e. The molecule has 0 aliphatic heterocycles. The molecule has 2 aromatic carbocycles. The third kappa shape index (κ3) is 3.93. The van der Waals surface area contributed by atoms with Crippen LogP contribution in [0.2, 0.25) is 0 Å². The number of anilines is 1. The number of carbonyl (C=O) groups is 2. The van der Waals surface area contributed by atoms with Gasteiger partial charge in [-0.1, -0.05) is 12.1 Å². The monoisotopic (exact) mass is 359 g/mol. The van der Waals surface area contributed by atoms with Crippen LogP contribution in [0.5, 0.6) is 0 Å². The number of hydrogen-bond acceptors (Lipinski definition) is 3. The Morgan fingerprint density at radius 2 is 1.64 bits per heavy atom. The molecule has 0 bridgehead atoms. The normalized spacial score (nSPS) is 11.1. The largest absolute Gasteiger partial charge is 0.465 e. The van der Waals surface area contributed by atoms with Gasteiger partial charge in [0.15, 0.2) is 0 Å². The predicted molar refractivity (Wildman–Crippen MR) is 77.1 cm³/mol. The zero-order valence-corrected chi connectivity index (χ0v) is 12.6. The summed E-state index contributed by atoms with van der Waals surface area (Å²) in [5, 5.41) is 1.90. The van der Waals surface area contributed by atoms with Crippen LogP contribution in [0.3, 0.4) is 0 Å². The van der Waals surface area contributed by atoms with Crippen LogP contribution in [0, 0.1) is 11.6 Å². The molecule has 0 aliphatic carbocycles. The van der Waals surface area contributed by atoms with Crippen molar-refractivity contribution < 1.29 is 36.3 Å². The molecule has 0 aromatic heterocycles. The van der Waals surface area contributed by atoms with Crippen LogP contribution in [0.1, 0.15) is 26.3 Å². The Morgan fingerprint density at radius 3 is 2.24 bits per heavy atom. The molecular weight excluding hydrogens is 349 g/mol. The second-order valence-electron chi connectivity index (χ2n) is 4.80. The average Bonchev–Trinajstić information content (AvgIpc) is 2.55. The lowest BCUT2D eigenvalue weighted by atomic mass is 10.1. The maximum absolute atomic E-state index is 13.8. The summed E-state index contributed by atoms with van der Waals surface area (Å²) in [6.45, 7) is 0. The SMILES string of the molecule is COC(=O)c1cc(NC(=O)c2ccccc2C(F)(F)F)c(F)cc1F. The molecule has 0 radical (unpaired) electrons. The smallest absolute Gasteiger partial charge is 0.417 e. The summed E-state index contributed by atoms with van der Waals surface area (Å²) in [5.41, 5.74) is -3.31. The molecule has 0 unspecified atom stereocenters. The lowest BCUT2D eigenvalue weighted by Gasteiger charge is -2.13. The Kier molecular flexibility index (Phi) is 5.05. The van der Waals surface area contributed by atoms with Crippen LogP contribution in [0.15, 0.2) is 36.4 Å². The molecule has 0 heterocycles. The van der Waals surface area contributed by atoms with Crippen molar-refractivity contribution in [3.05, 3.63) is 64.7 Å². The van der Waals surface area contributed by atoms with Crippen LogP contribution >= 0.6 is 0 Å². The molecule has 9 heteroatoms. The maximum Gasteiger partial charge on any atom is 0.417 e. The van der Waals surface area contributed by atoms with Crippen molar-refractivity contribution >= 4 is 17.6 Å². The summed E-state index contributed by atoms with van der Waals surface area (Å²) < 4.78 is 70.4. The Labute approximate surface area is 138 Å². The number of nitrogens with one attached hydrogen (secondary N) is 1. The molecule has 1 amide bonds.